The van der Waals surface area contributed by atoms with Gasteiger partial charge in [-0.1, -0.05) is 43.3 Å². The molecule has 118 valence electrons. The summed E-state index contributed by atoms with van der Waals surface area (Å²) in [5, 5.41) is 17.9. The van der Waals surface area contributed by atoms with E-state index in [0.717, 1.165) is 16.7 Å². The van der Waals surface area contributed by atoms with Gasteiger partial charge in [-0.2, -0.15) is 5.26 Å². The molecule has 0 spiro atoms. The van der Waals surface area contributed by atoms with Crippen LogP contribution in [0, 0.1) is 11.3 Å². The van der Waals surface area contributed by atoms with Crippen LogP contribution in [0.25, 0.3) is 11.1 Å². The van der Waals surface area contributed by atoms with E-state index in [2.05, 4.69) is 6.07 Å². The Morgan fingerprint density at radius 3 is 2.09 bits per heavy atom. The van der Waals surface area contributed by atoms with Crippen molar-refractivity contribution >= 4 is 6.09 Å². The average molecular weight is 308 g/mol. The van der Waals surface area contributed by atoms with Crippen LogP contribution in [-0.2, 0) is 0 Å². The summed E-state index contributed by atoms with van der Waals surface area (Å²) < 4.78 is 0. The van der Waals surface area contributed by atoms with Gasteiger partial charge >= 0.3 is 6.09 Å². The van der Waals surface area contributed by atoms with Gasteiger partial charge in [-0.25, -0.2) is 4.79 Å². The van der Waals surface area contributed by atoms with Crippen LogP contribution >= 0.6 is 0 Å². The van der Waals surface area contributed by atoms with Crippen molar-refractivity contribution < 1.29 is 9.90 Å². The second-order valence-electron chi connectivity index (χ2n) is 5.53. The lowest BCUT2D eigenvalue weighted by Crippen LogP contribution is -2.32. The summed E-state index contributed by atoms with van der Waals surface area (Å²) >= 11 is 0. The lowest BCUT2D eigenvalue weighted by atomic mass is 9.97. The molecule has 0 radical (unpaired) electrons. The van der Waals surface area contributed by atoms with E-state index in [1.807, 2.05) is 50.2 Å². The molecule has 0 aliphatic rings. The van der Waals surface area contributed by atoms with E-state index in [1.165, 1.54) is 4.90 Å². The molecule has 0 heterocycles. The van der Waals surface area contributed by atoms with E-state index in [1.54, 1.807) is 12.1 Å². The van der Waals surface area contributed by atoms with Gasteiger partial charge in [0.2, 0.25) is 0 Å². The van der Waals surface area contributed by atoms with Crippen molar-refractivity contribution in [3.05, 3.63) is 59.7 Å². The zero-order chi connectivity index (χ0) is 16.8. The number of rotatable bonds is 5. The monoisotopic (exact) mass is 308 g/mol. The molecule has 0 aromatic heterocycles. The number of carbonyl (C=O) groups is 1. The first-order chi connectivity index (χ1) is 11.0. The third kappa shape index (κ3) is 4.10. The lowest BCUT2D eigenvalue weighted by Gasteiger charge is -2.22. The standard InChI is InChI=1S/C19H20N2O2/c1-3-21(19(22)23)13-14(2)16-8-10-18(11-9-16)17-6-4-15(12-20)5-7-17/h4-11,14H,3,13H2,1-2H3,(H,22,23). The molecule has 2 aromatic carbocycles. The predicted octanol–water partition coefficient (Wildman–Crippen LogP) is 4.33. The maximum Gasteiger partial charge on any atom is 0.407 e. The van der Waals surface area contributed by atoms with Gasteiger partial charge in [0.25, 0.3) is 0 Å². The van der Waals surface area contributed by atoms with Crippen molar-refractivity contribution in [2.45, 2.75) is 19.8 Å². The van der Waals surface area contributed by atoms with E-state index in [9.17, 15) is 4.79 Å². The zero-order valence-corrected chi connectivity index (χ0v) is 13.4. The zero-order valence-electron chi connectivity index (χ0n) is 13.4. The van der Waals surface area contributed by atoms with Crippen LogP contribution in [0.2, 0.25) is 0 Å². The van der Waals surface area contributed by atoms with E-state index in [4.69, 9.17) is 10.4 Å². The van der Waals surface area contributed by atoms with Gasteiger partial charge in [-0.15, -0.1) is 0 Å². The van der Waals surface area contributed by atoms with Crippen LogP contribution in [0.3, 0.4) is 0 Å². The number of benzene rings is 2. The Bertz CT molecular complexity index is 700. The third-order valence-corrected chi connectivity index (χ3v) is 3.97. The second kappa shape index (κ2) is 7.46. The highest BCUT2D eigenvalue weighted by atomic mass is 16.4. The van der Waals surface area contributed by atoms with Crippen LogP contribution in [0.1, 0.15) is 30.9 Å². The smallest absolute Gasteiger partial charge is 0.407 e. The summed E-state index contributed by atoms with van der Waals surface area (Å²) in [6.07, 6.45) is -0.881. The Labute approximate surface area is 136 Å². The molecule has 2 aromatic rings. The molecule has 4 nitrogen and oxygen atoms in total. The van der Waals surface area contributed by atoms with Crippen molar-refractivity contribution in [3.8, 4) is 17.2 Å². The Morgan fingerprint density at radius 1 is 1.13 bits per heavy atom. The van der Waals surface area contributed by atoms with Gasteiger partial charge in [0, 0.05) is 13.1 Å². The highest BCUT2D eigenvalue weighted by Gasteiger charge is 2.14. The largest absolute Gasteiger partial charge is 0.465 e. The fourth-order valence-electron chi connectivity index (χ4n) is 2.52. The van der Waals surface area contributed by atoms with Crippen molar-refractivity contribution in [2.24, 2.45) is 0 Å². The molecule has 1 unspecified atom stereocenters. The van der Waals surface area contributed by atoms with Crippen molar-refractivity contribution in [1.29, 1.82) is 5.26 Å². The molecule has 1 N–H and O–H groups in total. The molecule has 4 heteroatoms. The number of nitrogens with zero attached hydrogens (tertiary/aromatic N) is 2. The molecule has 1 amide bonds. The minimum absolute atomic E-state index is 0.140. The molecule has 0 aliphatic carbocycles. The first-order valence-electron chi connectivity index (χ1n) is 7.63. The number of hydrogen-bond acceptors (Lipinski definition) is 2. The quantitative estimate of drug-likeness (QED) is 0.894. The molecule has 0 fully saturated rings. The summed E-state index contributed by atoms with van der Waals surface area (Å²) in [7, 11) is 0. The highest BCUT2D eigenvalue weighted by molar-refractivity contribution is 5.65. The maximum absolute atomic E-state index is 11.1. The summed E-state index contributed by atoms with van der Waals surface area (Å²) in [5.41, 5.74) is 3.90. The third-order valence-electron chi connectivity index (χ3n) is 3.97. The predicted molar refractivity (Wildman–Crippen MR) is 90.3 cm³/mol. The van der Waals surface area contributed by atoms with Gasteiger partial charge in [0.1, 0.15) is 0 Å². The molecule has 23 heavy (non-hydrogen) atoms. The van der Waals surface area contributed by atoms with E-state index >= 15 is 0 Å². The fourth-order valence-corrected chi connectivity index (χ4v) is 2.52. The molecular weight excluding hydrogens is 288 g/mol. The minimum Gasteiger partial charge on any atom is -0.465 e. The van der Waals surface area contributed by atoms with Gasteiger partial charge in [0.15, 0.2) is 0 Å². The van der Waals surface area contributed by atoms with E-state index < -0.39 is 6.09 Å². The molecule has 2 rings (SSSR count). The van der Waals surface area contributed by atoms with Crippen LogP contribution in [0.4, 0.5) is 4.79 Å². The summed E-state index contributed by atoms with van der Waals surface area (Å²) in [5.74, 6) is 0.140. The van der Waals surface area contributed by atoms with Gasteiger partial charge in [-0.05, 0) is 41.7 Å². The minimum atomic E-state index is -0.881. The van der Waals surface area contributed by atoms with Crippen molar-refractivity contribution in [3.63, 3.8) is 0 Å². The summed E-state index contributed by atoms with van der Waals surface area (Å²) in [6.45, 7) is 4.85. The Kier molecular flexibility index (Phi) is 5.37. The Hall–Kier alpha value is -2.80. The number of hydrogen-bond donors (Lipinski definition) is 1. The van der Waals surface area contributed by atoms with Crippen LogP contribution in [0.5, 0.6) is 0 Å². The first kappa shape index (κ1) is 16.6. The number of amides is 1. The molecular formula is C19H20N2O2. The summed E-state index contributed by atoms with van der Waals surface area (Å²) in [4.78, 5) is 12.5. The number of nitriles is 1. The Morgan fingerprint density at radius 2 is 1.65 bits per heavy atom. The van der Waals surface area contributed by atoms with Gasteiger partial charge in [-0.3, -0.25) is 0 Å². The molecule has 0 saturated carbocycles. The van der Waals surface area contributed by atoms with Crippen LogP contribution in [0.15, 0.2) is 48.5 Å². The van der Waals surface area contributed by atoms with Gasteiger partial charge < -0.3 is 10.0 Å². The number of likely N-dealkylation sites (N-methyl/N-ethyl adjacent to an activating group) is 1. The summed E-state index contributed by atoms with van der Waals surface area (Å²) in [6, 6.07) is 17.7. The average Bonchev–Trinajstić information content (AvgIpc) is 2.59. The van der Waals surface area contributed by atoms with Crippen molar-refractivity contribution in [2.75, 3.05) is 13.1 Å². The van der Waals surface area contributed by atoms with E-state index in [-0.39, 0.29) is 5.92 Å². The highest BCUT2D eigenvalue weighted by Crippen LogP contribution is 2.23. The van der Waals surface area contributed by atoms with Crippen LogP contribution in [-0.4, -0.2) is 29.2 Å². The van der Waals surface area contributed by atoms with Gasteiger partial charge in [0.05, 0.1) is 11.6 Å². The molecule has 0 aliphatic heterocycles. The Balaban J connectivity index is 2.12. The topological polar surface area (TPSA) is 64.3 Å². The lowest BCUT2D eigenvalue weighted by molar-refractivity contribution is 0.145. The van der Waals surface area contributed by atoms with E-state index in [0.29, 0.717) is 18.7 Å². The first-order valence-corrected chi connectivity index (χ1v) is 7.63. The SMILES string of the molecule is CCN(CC(C)c1ccc(-c2ccc(C#N)cc2)cc1)C(=O)O. The second-order valence-corrected chi connectivity index (χ2v) is 5.53. The molecule has 1 atom stereocenters. The van der Waals surface area contributed by atoms with Crippen LogP contribution < -0.4 is 0 Å². The molecule has 0 bridgehead atoms. The normalized spacial score (nSPS) is 11.5. The fraction of sp³-hybridized carbons (Fsp3) is 0.263. The molecule has 0 saturated heterocycles. The maximum atomic E-state index is 11.1. The number of carboxylic acid groups (broad SMARTS) is 1. The van der Waals surface area contributed by atoms with Crippen molar-refractivity contribution in [1.82, 2.24) is 4.90 Å².